The van der Waals surface area contributed by atoms with E-state index in [2.05, 4.69) is 10.6 Å². The molecule has 20 heavy (non-hydrogen) atoms. The molecular weight excluding hydrogens is 274 g/mol. The van der Waals surface area contributed by atoms with Gasteiger partial charge in [0.05, 0.1) is 0 Å². The van der Waals surface area contributed by atoms with Crippen LogP contribution in [0.3, 0.4) is 0 Å². The minimum Gasteiger partial charge on any atom is -0.352 e. The molecule has 1 aromatic heterocycles. The van der Waals surface area contributed by atoms with Crippen molar-refractivity contribution in [2.75, 3.05) is 13.1 Å². The molecule has 1 heterocycles. The molecule has 0 spiro atoms. The second-order valence-corrected chi connectivity index (χ2v) is 5.90. The van der Waals surface area contributed by atoms with Gasteiger partial charge in [0.25, 0.3) is 5.91 Å². The Morgan fingerprint density at radius 2 is 2.25 bits per heavy atom. The van der Waals surface area contributed by atoms with Crippen molar-refractivity contribution in [1.82, 2.24) is 10.6 Å². The standard InChI is InChI=1S/C14H21N3O2S/c15-8-12(10-3-4-10)17-13(18)2-1-6-16-14(19)11-5-7-20-9-11/h5,7,9-10,12H,1-4,6,8,15H2,(H,16,19)(H,17,18). The van der Waals surface area contributed by atoms with Gasteiger partial charge in [-0.15, -0.1) is 0 Å². The summed E-state index contributed by atoms with van der Waals surface area (Å²) >= 11 is 1.49. The van der Waals surface area contributed by atoms with E-state index in [1.807, 2.05) is 10.8 Å². The Bertz CT molecular complexity index is 443. The van der Waals surface area contributed by atoms with Gasteiger partial charge in [-0.25, -0.2) is 0 Å². The van der Waals surface area contributed by atoms with Crippen LogP contribution in [-0.4, -0.2) is 30.9 Å². The summed E-state index contributed by atoms with van der Waals surface area (Å²) in [6.45, 7) is 1.02. The molecule has 0 saturated heterocycles. The Morgan fingerprint density at radius 3 is 2.85 bits per heavy atom. The number of carbonyl (C=O) groups excluding carboxylic acids is 2. The molecule has 1 aliphatic carbocycles. The third-order valence-corrected chi connectivity index (χ3v) is 4.12. The fourth-order valence-corrected chi connectivity index (χ4v) is 2.73. The van der Waals surface area contributed by atoms with E-state index in [4.69, 9.17) is 5.73 Å². The zero-order valence-corrected chi connectivity index (χ0v) is 12.2. The summed E-state index contributed by atoms with van der Waals surface area (Å²) in [5.41, 5.74) is 6.32. The Morgan fingerprint density at radius 1 is 1.45 bits per heavy atom. The van der Waals surface area contributed by atoms with Crippen molar-refractivity contribution >= 4 is 23.2 Å². The first-order valence-electron chi connectivity index (χ1n) is 7.00. The van der Waals surface area contributed by atoms with Gasteiger partial charge in [0, 0.05) is 36.5 Å². The van der Waals surface area contributed by atoms with Crippen LogP contribution in [0.1, 0.15) is 36.0 Å². The molecule has 4 N–H and O–H groups in total. The van der Waals surface area contributed by atoms with Gasteiger partial charge in [0.2, 0.25) is 5.91 Å². The number of hydrogen-bond acceptors (Lipinski definition) is 4. The number of nitrogens with two attached hydrogens (primary N) is 1. The highest BCUT2D eigenvalue weighted by Crippen LogP contribution is 2.32. The summed E-state index contributed by atoms with van der Waals surface area (Å²) in [6.07, 6.45) is 3.40. The average molecular weight is 295 g/mol. The summed E-state index contributed by atoms with van der Waals surface area (Å²) in [5.74, 6) is 0.517. The lowest BCUT2D eigenvalue weighted by atomic mass is 10.1. The molecule has 1 atom stereocenters. The van der Waals surface area contributed by atoms with Gasteiger partial charge in [-0.3, -0.25) is 9.59 Å². The van der Waals surface area contributed by atoms with Crippen molar-refractivity contribution < 1.29 is 9.59 Å². The van der Waals surface area contributed by atoms with Crippen molar-refractivity contribution in [2.24, 2.45) is 11.7 Å². The Hall–Kier alpha value is -1.40. The summed E-state index contributed by atoms with van der Waals surface area (Å²) < 4.78 is 0. The first-order valence-corrected chi connectivity index (χ1v) is 7.95. The first-order chi connectivity index (χ1) is 9.70. The minimum absolute atomic E-state index is 0.0251. The van der Waals surface area contributed by atoms with Crippen LogP contribution < -0.4 is 16.4 Å². The van der Waals surface area contributed by atoms with Gasteiger partial charge in [-0.2, -0.15) is 11.3 Å². The van der Waals surface area contributed by atoms with Crippen LogP contribution in [-0.2, 0) is 4.79 Å². The summed E-state index contributed by atoms with van der Waals surface area (Å²) in [4.78, 5) is 23.4. The van der Waals surface area contributed by atoms with Crippen LogP contribution in [0, 0.1) is 5.92 Å². The van der Waals surface area contributed by atoms with Crippen LogP contribution in [0.25, 0.3) is 0 Å². The number of rotatable bonds is 8. The third-order valence-electron chi connectivity index (χ3n) is 3.44. The van der Waals surface area contributed by atoms with Gasteiger partial charge < -0.3 is 16.4 Å². The molecule has 2 amide bonds. The highest BCUT2D eigenvalue weighted by Gasteiger charge is 2.30. The van der Waals surface area contributed by atoms with E-state index in [-0.39, 0.29) is 17.9 Å². The van der Waals surface area contributed by atoms with E-state index < -0.39 is 0 Å². The number of carbonyl (C=O) groups is 2. The number of nitrogens with one attached hydrogen (secondary N) is 2. The van der Waals surface area contributed by atoms with E-state index in [0.717, 1.165) is 0 Å². The zero-order chi connectivity index (χ0) is 14.4. The van der Waals surface area contributed by atoms with Crippen LogP contribution in [0.15, 0.2) is 16.8 Å². The predicted molar refractivity (Wildman–Crippen MR) is 79.6 cm³/mol. The lowest BCUT2D eigenvalue weighted by Gasteiger charge is -2.15. The molecule has 1 saturated carbocycles. The van der Waals surface area contributed by atoms with Crippen molar-refractivity contribution in [2.45, 2.75) is 31.7 Å². The fourth-order valence-electron chi connectivity index (χ4n) is 2.09. The highest BCUT2D eigenvalue weighted by molar-refractivity contribution is 7.08. The van der Waals surface area contributed by atoms with Gasteiger partial charge in [-0.05, 0) is 36.6 Å². The number of thiophene rings is 1. The molecule has 1 fully saturated rings. The van der Waals surface area contributed by atoms with Crippen molar-refractivity contribution in [3.63, 3.8) is 0 Å². The monoisotopic (exact) mass is 295 g/mol. The van der Waals surface area contributed by atoms with Crippen LogP contribution in [0.2, 0.25) is 0 Å². The van der Waals surface area contributed by atoms with Crippen molar-refractivity contribution in [1.29, 1.82) is 0 Å². The lowest BCUT2D eigenvalue weighted by Crippen LogP contribution is -2.41. The highest BCUT2D eigenvalue weighted by atomic mass is 32.1. The van der Waals surface area contributed by atoms with E-state index in [1.165, 1.54) is 24.2 Å². The average Bonchev–Trinajstić information content (AvgIpc) is 3.14. The SMILES string of the molecule is NCC(NC(=O)CCCNC(=O)c1ccsc1)C1CC1. The molecule has 1 unspecified atom stereocenters. The summed E-state index contributed by atoms with van der Waals surface area (Å²) in [6, 6.07) is 1.91. The topological polar surface area (TPSA) is 84.2 Å². The summed E-state index contributed by atoms with van der Waals surface area (Å²) in [7, 11) is 0. The van der Waals surface area contributed by atoms with Gasteiger partial charge >= 0.3 is 0 Å². The molecule has 0 aliphatic heterocycles. The Kier molecular flexibility index (Phi) is 5.55. The van der Waals surface area contributed by atoms with Gasteiger partial charge in [0.15, 0.2) is 0 Å². The minimum atomic E-state index is -0.0792. The third kappa shape index (κ3) is 4.61. The fraction of sp³-hybridized carbons (Fsp3) is 0.571. The second kappa shape index (κ2) is 7.40. The molecule has 1 aliphatic rings. The molecule has 110 valence electrons. The van der Waals surface area contributed by atoms with E-state index in [0.29, 0.717) is 37.4 Å². The van der Waals surface area contributed by atoms with Crippen LogP contribution >= 0.6 is 11.3 Å². The quantitative estimate of drug-likeness (QED) is 0.628. The maximum Gasteiger partial charge on any atom is 0.252 e. The van der Waals surface area contributed by atoms with Crippen molar-refractivity contribution in [3.8, 4) is 0 Å². The van der Waals surface area contributed by atoms with Crippen molar-refractivity contribution in [3.05, 3.63) is 22.4 Å². The number of amides is 2. The Balaban J connectivity index is 1.58. The molecule has 6 heteroatoms. The van der Waals surface area contributed by atoms with Crippen LogP contribution in [0.5, 0.6) is 0 Å². The largest absolute Gasteiger partial charge is 0.352 e. The molecule has 0 radical (unpaired) electrons. The summed E-state index contributed by atoms with van der Waals surface area (Å²) in [5, 5.41) is 9.45. The van der Waals surface area contributed by atoms with E-state index in [1.54, 1.807) is 6.07 Å². The van der Waals surface area contributed by atoms with E-state index in [9.17, 15) is 9.59 Å². The zero-order valence-electron chi connectivity index (χ0n) is 11.4. The molecular formula is C14H21N3O2S. The predicted octanol–water partition coefficient (Wildman–Crippen LogP) is 1.11. The maximum atomic E-state index is 11.7. The Labute approximate surface area is 122 Å². The van der Waals surface area contributed by atoms with Crippen LogP contribution in [0.4, 0.5) is 0 Å². The maximum absolute atomic E-state index is 11.7. The molecule has 1 aromatic rings. The molecule has 2 rings (SSSR count). The van der Waals surface area contributed by atoms with E-state index >= 15 is 0 Å². The smallest absolute Gasteiger partial charge is 0.252 e. The molecule has 5 nitrogen and oxygen atoms in total. The molecule has 0 bridgehead atoms. The normalized spacial score (nSPS) is 15.7. The lowest BCUT2D eigenvalue weighted by molar-refractivity contribution is -0.122. The van der Waals surface area contributed by atoms with Gasteiger partial charge in [-0.1, -0.05) is 0 Å². The molecule has 0 aromatic carbocycles. The van der Waals surface area contributed by atoms with Gasteiger partial charge in [0.1, 0.15) is 0 Å². The number of hydrogen-bond donors (Lipinski definition) is 3. The first kappa shape index (κ1) is 15.0. The second-order valence-electron chi connectivity index (χ2n) is 5.12.